The lowest BCUT2D eigenvalue weighted by atomic mass is 9.60. The zero-order valence-electron chi connectivity index (χ0n) is 29.6. The van der Waals surface area contributed by atoms with E-state index in [0.29, 0.717) is 0 Å². The van der Waals surface area contributed by atoms with Gasteiger partial charge in [-0.15, -0.1) is 0 Å². The third-order valence-corrected chi connectivity index (χ3v) is 11.6. The highest BCUT2D eigenvalue weighted by Gasteiger charge is 2.50. The van der Waals surface area contributed by atoms with Crippen LogP contribution in [0.15, 0.2) is 158 Å². The number of hydrogen-bond acceptors (Lipinski definition) is 1. The van der Waals surface area contributed by atoms with Crippen molar-refractivity contribution >= 4 is 17.0 Å². The van der Waals surface area contributed by atoms with Gasteiger partial charge in [0.25, 0.3) is 0 Å². The second-order valence-electron chi connectivity index (χ2n) is 14.4. The van der Waals surface area contributed by atoms with Gasteiger partial charge in [0.15, 0.2) is 0 Å². The molecular weight excluding hydrogens is 615 g/mol. The maximum absolute atomic E-state index is 4.58. The zero-order valence-corrected chi connectivity index (χ0v) is 29.6. The highest BCUT2D eigenvalue weighted by molar-refractivity contribution is 5.89. The van der Waals surface area contributed by atoms with E-state index in [9.17, 15) is 0 Å². The molecule has 0 fully saturated rings. The maximum Gasteiger partial charge on any atom is 0.0719 e. The predicted molar refractivity (Wildman–Crippen MR) is 216 cm³/mol. The third-order valence-electron chi connectivity index (χ3n) is 11.6. The Kier molecular flexibility index (Phi) is 7.73. The van der Waals surface area contributed by atoms with Crippen molar-refractivity contribution in [2.45, 2.75) is 44.4 Å². The van der Waals surface area contributed by atoms with Gasteiger partial charge < -0.3 is 4.90 Å². The molecule has 0 radical (unpaired) electrons. The number of benzene rings is 6. The van der Waals surface area contributed by atoms with Crippen LogP contribution in [0.5, 0.6) is 0 Å². The monoisotopic (exact) mass is 657 g/mol. The average molecular weight is 658 g/mol. The normalized spacial score (nSPS) is 14.7. The fourth-order valence-electron chi connectivity index (χ4n) is 9.08. The first-order valence-corrected chi connectivity index (χ1v) is 18.5. The molecule has 0 N–H and O–H groups in total. The SMILES string of the molecule is C=C(c1cccc(-c2ccc3c(c2)C2(c4ccccc4-c4ccccc42)c2cccc(CCC)c2C3)c1)N(C)c1ccc(C2=CC=CCC2)cc1. The van der Waals surface area contributed by atoms with E-state index in [1.807, 2.05) is 0 Å². The van der Waals surface area contributed by atoms with E-state index < -0.39 is 0 Å². The summed E-state index contributed by atoms with van der Waals surface area (Å²) in [6.45, 7) is 6.87. The highest BCUT2D eigenvalue weighted by Crippen LogP contribution is 2.59. The summed E-state index contributed by atoms with van der Waals surface area (Å²) in [5.41, 5.74) is 20.8. The Hall–Kier alpha value is -5.66. The molecule has 3 aliphatic carbocycles. The lowest BCUT2D eigenvalue weighted by Crippen LogP contribution is -2.34. The van der Waals surface area contributed by atoms with E-state index in [-0.39, 0.29) is 5.41 Å². The van der Waals surface area contributed by atoms with Crippen molar-refractivity contribution in [3.05, 3.63) is 208 Å². The number of anilines is 1. The van der Waals surface area contributed by atoms with Gasteiger partial charge in [-0.2, -0.15) is 0 Å². The zero-order chi connectivity index (χ0) is 34.5. The van der Waals surface area contributed by atoms with Gasteiger partial charge in [0, 0.05) is 18.4 Å². The summed E-state index contributed by atoms with van der Waals surface area (Å²) in [7, 11) is 2.12. The molecule has 1 spiro atoms. The minimum absolute atomic E-state index is 0.368. The van der Waals surface area contributed by atoms with Gasteiger partial charge in [-0.25, -0.2) is 0 Å². The van der Waals surface area contributed by atoms with Crippen molar-refractivity contribution in [2.24, 2.45) is 0 Å². The Morgan fingerprint density at radius 3 is 2.10 bits per heavy atom. The van der Waals surface area contributed by atoms with Crippen molar-refractivity contribution < 1.29 is 0 Å². The first kappa shape index (κ1) is 31.3. The Balaban J connectivity index is 1.14. The van der Waals surface area contributed by atoms with Crippen LogP contribution in [0.3, 0.4) is 0 Å². The van der Waals surface area contributed by atoms with Gasteiger partial charge >= 0.3 is 0 Å². The van der Waals surface area contributed by atoms with Crippen LogP contribution < -0.4 is 4.90 Å². The Labute approximate surface area is 302 Å². The molecule has 1 nitrogen and oxygen atoms in total. The standard InChI is InChI=1S/C50H43N/c1-4-14-37-17-13-24-48-45(37)32-41-26-25-40(33-49(41)50(48)46-22-10-8-20-43(46)44-21-9-11-23-47(44)50)39-19-12-18-38(31-39)34(2)51(3)42-29-27-36(28-30-42)35-15-6-5-7-16-35/h5-6,8-13,15,17-31,33H,2,4,7,14,16,32H2,1,3H3. The molecule has 9 rings (SSSR count). The highest BCUT2D eigenvalue weighted by atomic mass is 15.1. The average Bonchev–Trinajstić information content (AvgIpc) is 3.49. The van der Waals surface area contributed by atoms with E-state index in [1.54, 1.807) is 0 Å². The molecule has 6 aromatic carbocycles. The molecule has 0 amide bonds. The smallest absolute Gasteiger partial charge is 0.0719 e. The van der Waals surface area contributed by atoms with Gasteiger partial charge in [-0.3, -0.25) is 0 Å². The van der Waals surface area contributed by atoms with Crippen molar-refractivity contribution in [2.75, 3.05) is 11.9 Å². The molecule has 51 heavy (non-hydrogen) atoms. The van der Waals surface area contributed by atoms with Crippen LogP contribution in [-0.2, 0) is 18.3 Å². The molecule has 0 atom stereocenters. The summed E-state index contributed by atoms with van der Waals surface area (Å²) in [4.78, 5) is 2.21. The van der Waals surface area contributed by atoms with E-state index in [1.165, 1.54) is 72.3 Å². The topological polar surface area (TPSA) is 3.24 Å². The molecule has 0 unspecified atom stereocenters. The largest absolute Gasteiger partial charge is 0.345 e. The van der Waals surface area contributed by atoms with Crippen molar-refractivity contribution in [1.82, 2.24) is 0 Å². The second kappa shape index (κ2) is 12.6. The molecule has 0 aliphatic heterocycles. The molecule has 6 aromatic rings. The molecule has 0 aromatic heterocycles. The number of rotatable bonds is 7. The third kappa shape index (κ3) is 4.98. The van der Waals surface area contributed by atoms with E-state index in [2.05, 4.69) is 177 Å². The van der Waals surface area contributed by atoms with Crippen LogP contribution in [0.25, 0.3) is 33.5 Å². The Bertz CT molecular complexity index is 2340. The summed E-state index contributed by atoms with van der Waals surface area (Å²) >= 11 is 0. The summed E-state index contributed by atoms with van der Waals surface area (Å²) in [5.74, 6) is 0. The lowest BCUT2D eigenvalue weighted by Gasteiger charge is -2.41. The van der Waals surface area contributed by atoms with Crippen molar-refractivity contribution in [3.63, 3.8) is 0 Å². The summed E-state index contributed by atoms with van der Waals surface area (Å²) in [5, 5.41) is 0. The van der Waals surface area contributed by atoms with E-state index in [4.69, 9.17) is 0 Å². The molecule has 1 heteroatoms. The Morgan fingerprint density at radius 2 is 1.37 bits per heavy atom. The van der Waals surface area contributed by atoms with Gasteiger partial charge in [0.05, 0.1) is 5.41 Å². The van der Waals surface area contributed by atoms with Crippen LogP contribution in [0, 0.1) is 0 Å². The van der Waals surface area contributed by atoms with Gasteiger partial charge in [-0.1, -0.05) is 147 Å². The summed E-state index contributed by atoms with van der Waals surface area (Å²) in [6, 6.07) is 50.4. The van der Waals surface area contributed by atoms with Crippen LogP contribution in [-0.4, -0.2) is 7.05 Å². The van der Waals surface area contributed by atoms with Crippen LogP contribution in [0.4, 0.5) is 5.69 Å². The lowest BCUT2D eigenvalue weighted by molar-refractivity contribution is 0.714. The van der Waals surface area contributed by atoms with Crippen molar-refractivity contribution in [1.29, 1.82) is 0 Å². The maximum atomic E-state index is 4.58. The number of fused-ring (bicyclic) bond motifs is 9. The molecular formula is C50H43N. The van der Waals surface area contributed by atoms with E-state index in [0.717, 1.165) is 49.1 Å². The second-order valence-corrected chi connectivity index (χ2v) is 14.4. The van der Waals surface area contributed by atoms with Gasteiger partial charge in [0.1, 0.15) is 0 Å². The van der Waals surface area contributed by atoms with Gasteiger partial charge in [-0.05, 0) is 128 Å². The fourth-order valence-corrected chi connectivity index (χ4v) is 9.08. The van der Waals surface area contributed by atoms with Crippen LogP contribution in [0.2, 0.25) is 0 Å². The molecule has 3 aliphatic rings. The molecule has 0 saturated carbocycles. The number of allylic oxidation sites excluding steroid dienone is 4. The van der Waals surface area contributed by atoms with Crippen molar-refractivity contribution in [3.8, 4) is 22.3 Å². The minimum atomic E-state index is -0.368. The van der Waals surface area contributed by atoms with Crippen LogP contribution >= 0.6 is 0 Å². The molecule has 0 bridgehead atoms. The molecule has 0 heterocycles. The number of nitrogens with zero attached hydrogens (tertiary/aromatic N) is 1. The summed E-state index contributed by atoms with van der Waals surface area (Å²) in [6.07, 6.45) is 12.1. The quantitative estimate of drug-likeness (QED) is 0.165. The number of hydrogen-bond donors (Lipinski definition) is 0. The summed E-state index contributed by atoms with van der Waals surface area (Å²) < 4.78 is 0. The fraction of sp³-hybridized carbons (Fsp3) is 0.160. The van der Waals surface area contributed by atoms with E-state index >= 15 is 0 Å². The minimum Gasteiger partial charge on any atom is -0.345 e. The predicted octanol–water partition coefficient (Wildman–Crippen LogP) is 12.4. The Morgan fingerprint density at radius 1 is 0.686 bits per heavy atom. The molecule has 0 saturated heterocycles. The van der Waals surface area contributed by atoms with Crippen LogP contribution in [0.1, 0.15) is 76.3 Å². The number of aryl methyl sites for hydroxylation is 1. The van der Waals surface area contributed by atoms with Gasteiger partial charge in [0.2, 0.25) is 0 Å². The first-order chi connectivity index (χ1) is 25.1. The first-order valence-electron chi connectivity index (χ1n) is 18.5. The molecule has 248 valence electrons.